The highest BCUT2D eigenvalue weighted by Crippen LogP contribution is 2.23. The molecule has 3 nitrogen and oxygen atoms in total. The fourth-order valence-corrected chi connectivity index (χ4v) is 3.85. The summed E-state index contributed by atoms with van der Waals surface area (Å²) < 4.78 is 5.91. The lowest BCUT2D eigenvalue weighted by molar-refractivity contribution is 0.0817. The predicted octanol–water partition coefficient (Wildman–Crippen LogP) is 8.23. The fraction of sp³-hybridized carbons (Fsp3) is 0.333. The summed E-state index contributed by atoms with van der Waals surface area (Å²) in [5.41, 5.74) is 2.08. The van der Waals surface area contributed by atoms with Crippen molar-refractivity contribution in [1.29, 1.82) is 0 Å². The van der Waals surface area contributed by atoms with Gasteiger partial charge in [-0.25, -0.2) is 0 Å². The van der Waals surface area contributed by atoms with E-state index in [1.807, 2.05) is 18.2 Å². The van der Waals surface area contributed by atoms with E-state index in [9.17, 15) is 9.59 Å². The smallest absolute Gasteiger partial charge is 0.233 e. The summed E-state index contributed by atoms with van der Waals surface area (Å²) >= 11 is 0. The van der Waals surface area contributed by atoms with Crippen LogP contribution in [-0.2, 0) is 6.42 Å². The Kier molecular flexibility index (Phi) is 9.90. The second kappa shape index (κ2) is 13.4. The highest BCUT2D eigenvalue weighted by molar-refractivity contribution is 6.49. The molecule has 0 aliphatic rings. The van der Waals surface area contributed by atoms with Crippen molar-refractivity contribution >= 4 is 11.6 Å². The molecule has 3 aromatic carbocycles. The zero-order valence-corrected chi connectivity index (χ0v) is 19.6. The lowest BCUT2D eigenvalue weighted by Gasteiger charge is -2.08. The molecule has 3 rings (SSSR count). The quantitative estimate of drug-likeness (QED) is 0.143. The first-order chi connectivity index (χ1) is 16.2. The molecular weight excluding hydrogens is 408 g/mol. The standard InChI is InChI=1S/C30H34O3/c1-2-3-4-5-6-7-8-10-13-24-16-20-27(21-17-24)33-28-22-18-26(19-23-28)30(32)29(31)25-14-11-9-12-15-25/h9,11-12,14-23H,2-8,10,13H2,1H3. The number of unbranched alkanes of at least 4 members (excludes halogenated alkanes) is 7. The second-order valence-electron chi connectivity index (χ2n) is 8.52. The predicted molar refractivity (Wildman–Crippen MR) is 134 cm³/mol. The summed E-state index contributed by atoms with van der Waals surface area (Å²) in [5, 5.41) is 0. The van der Waals surface area contributed by atoms with E-state index >= 15 is 0 Å². The molecule has 0 saturated carbocycles. The summed E-state index contributed by atoms with van der Waals surface area (Å²) in [6.45, 7) is 2.26. The van der Waals surface area contributed by atoms with Gasteiger partial charge in [-0.1, -0.05) is 94.3 Å². The van der Waals surface area contributed by atoms with Gasteiger partial charge in [0.25, 0.3) is 0 Å². The molecular formula is C30H34O3. The van der Waals surface area contributed by atoms with Crippen molar-refractivity contribution in [2.24, 2.45) is 0 Å². The first-order valence-corrected chi connectivity index (χ1v) is 12.2. The molecule has 0 radical (unpaired) electrons. The number of hydrogen-bond acceptors (Lipinski definition) is 3. The highest BCUT2D eigenvalue weighted by atomic mass is 16.5. The summed E-state index contributed by atoms with van der Waals surface area (Å²) in [6.07, 6.45) is 11.7. The number of rotatable bonds is 14. The maximum atomic E-state index is 12.4. The van der Waals surface area contributed by atoms with E-state index in [1.165, 1.54) is 56.9 Å². The highest BCUT2D eigenvalue weighted by Gasteiger charge is 2.17. The van der Waals surface area contributed by atoms with Crippen LogP contribution in [0.25, 0.3) is 0 Å². The molecule has 0 amide bonds. The number of ketones is 2. The van der Waals surface area contributed by atoms with Gasteiger partial charge in [-0.05, 0) is 54.8 Å². The van der Waals surface area contributed by atoms with Gasteiger partial charge in [-0.3, -0.25) is 9.59 Å². The Labute approximate surface area is 197 Å². The third-order valence-corrected chi connectivity index (χ3v) is 5.84. The number of carbonyl (C=O) groups is 2. The van der Waals surface area contributed by atoms with Crippen molar-refractivity contribution in [3.05, 3.63) is 95.6 Å². The van der Waals surface area contributed by atoms with Crippen LogP contribution in [0.15, 0.2) is 78.9 Å². The zero-order chi connectivity index (χ0) is 23.3. The van der Waals surface area contributed by atoms with Gasteiger partial charge in [0.1, 0.15) is 11.5 Å². The van der Waals surface area contributed by atoms with Crippen LogP contribution in [0.5, 0.6) is 11.5 Å². The molecule has 0 spiro atoms. The van der Waals surface area contributed by atoms with Crippen LogP contribution in [0.4, 0.5) is 0 Å². The van der Waals surface area contributed by atoms with Gasteiger partial charge < -0.3 is 4.74 Å². The van der Waals surface area contributed by atoms with Crippen LogP contribution < -0.4 is 4.74 Å². The lowest BCUT2D eigenvalue weighted by atomic mass is 10.0. The monoisotopic (exact) mass is 442 g/mol. The SMILES string of the molecule is CCCCCCCCCCc1ccc(Oc2ccc(C(=O)C(=O)c3ccccc3)cc2)cc1. The summed E-state index contributed by atoms with van der Waals surface area (Å²) in [4.78, 5) is 24.8. The Morgan fingerprint density at radius 2 is 1.06 bits per heavy atom. The number of aryl methyl sites for hydroxylation is 1. The third-order valence-electron chi connectivity index (χ3n) is 5.84. The first kappa shape index (κ1) is 24.4. The maximum absolute atomic E-state index is 12.4. The minimum atomic E-state index is -0.516. The van der Waals surface area contributed by atoms with Crippen molar-refractivity contribution in [2.45, 2.75) is 64.7 Å². The molecule has 172 valence electrons. The third kappa shape index (κ3) is 8.02. The first-order valence-electron chi connectivity index (χ1n) is 12.2. The van der Waals surface area contributed by atoms with E-state index in [0.29, 0.717) is 16.9 Å². The van der Waals surface area contributed by atoms with E-state index in [4.69, 9.17) is 4.74 Å². The number of benzene rings is 3. The molecule has 0 aromatic heterocycles. The Bertz CT molecular complexity index is 989. The molecule has 33 heavy (non-hydrogen) atoms. The fourth-order valence-electron chi connectivity index (χ4n) is 3.85. The van der Waals surface area contributed by atoms with Crippen molar-refractivity contribution in [3.8, 4) is 11.5 Å². The molecule has 0 atom stereocenters. The molecule has 3 heteroatoms. The van der Waals surface area contributed by atoms with Crippen LogP contribution in [0.1, 0.15) is 84.6 Å². The molecule has 0 N–H and O–H groups in total. The Balaban J connectivity index is 1.43. The summed E-state index contributed by atoms with van der Waals surface area (Å²) in [5.74, 6) is 0.373. The molecule has 0 heterocycles. The van der Waals surface area contributed by atoms with Crippen LogP contribution in [-0.4, -0.2) is 11.6 Å². The maximum Gasteiger partial charge on any atom is 0.233 e. The molecule has 0 unspecified atom stereocenters. The topological polar surface area (TPSA) is 43.4 Å². The van der Waals surface area contributed by atoms with Gasteiger partial charge in [-0.2, -0.15) is 0 Å². The minimum absolute atomic E-state index is 0.358. The van der Waals surface area contributed by atoms with Gasteiger partial charge in [0.15, 0.2) is 0 Å². The number of ether oxygens (including phenoxy) is 1. The minimum Gasteiger partial charge on any atom is -0.457 e. The number of Topliss-reactive ketones (excluding diaryl/α,β-unsaturated/α-hetero) is 2. The Morgan fingerprint density at radius 1 is 0.576 bits per heavy atom. The van der Waals surface area contributed by atoms with E-state index in [2.05, 4.69) is 19.1 Å². The Hall–Kier alpha value is -3.20. The molecule has 0 aliphatic heterocycles. The van der Waals surface area contributed by atoms with Gasteiger partial charge >= 0.3 is 0 Å². The van der Waals surface area contributed by atoms with Crippen molar-refractivity contribution in [2.75, 3.05) is 0 Å². The molecule has 0 aliphatic carbocycles. The van der Waals surface area contributed by atoms with Crippen molar-refractivity contribution in [1.82, 2.24) is 0 Å². The summed E-state index contributed by atoms with van der Waals surface area (Å²) in [7, 11) is 0. The molecule has 3 aromatic rings. The Morgan fingerprint density at radius 3 is 1.64 bits per heavy atom. The average Bonchev–Trinajstić information content (AvgIpc) is 2.87. The van der Waals surface area contributed by atoms with Gasteiger partial charge in [-0.15, -0.1) is 0 Å². The van der Waals surface area contributed by atoms with Crippen LogP contribution in [0.3, 0.4) is 0 Å². The second-order valence-corrected chi connectivity index (χ2v) is 8.52. The normalized spacial score (nSPS) is 10.7. The van der Waals surface area contributed by atoms with Crippen molar-refractivity contribution < 1.29 is 14.3 Å². The zero-order valence-electron chi connectivity index (χ0n) is 19.6. The lowest BCUT2D eigenvalue weighted by Crippen LogP contribution is -2.14. The van der Waals surface area contributed by atoms with E-state index in [0.717, 1.165) is 12.2 Å². The van der Waals surface area contributed by atoms with Crippen molar-refractivity contribution in [3.63, 3.8) is 0 Å². The van der Waals surface area contributed by atoms with E-state index in [1.54, 1.807) is 48.5 Å². The number of carbonyl (C=O) groups excluding carboxylic acids is 2. The van der Waals surface area contributed by atoms with Crippen LogP contribution in [0, 0.1) is 0 Å². The van der Waals surface area contributed by atoms with Crippen LogP contribution >= 0.6 is 0 Å². The average molecular weight is 443 g/mol. The van der Waals surface area contributed by atoms with Gasteiger partial charge in [0, 0.05) is 11.1 Å². The molecule has 0 bridgehead atoms. The summed E-state index contributed by atoms with van der Waals surface area (Å²) in [6, 6.07) is 23.5. The number of hydrogen-bond donors (Lipinski definition) is 0. The molecule has 0 saturated heterocycles. The van der Waals surface area contributed by atoms with E-state index < -0.39 is 11.6 Å². The van der Waals surface area contributed by atoms with Gasteiger partial charge in [0.2, 0.25) is 11.6 Å². The molecule has 0 fully saturated rings. The van der Waals surface area contributed by atoms with Crippen LogP contribution in [0.2, 0.25) is 0 Å². The van der Waals surface area contributed by atoms with Gasteiger partial charge in [0.05, 0.1) is 0 Å². The van der Waals surface area contributed by atoms with E-state index in [-0.39, 0.29) is 0 Å². The largest absolute Gasteiger partial charge is 0.457 e.